The lowest BCUT2D eigenvalue weighted by Crippen LogP contribution is -2.15. The van der Waals surface area contributed by atoms with Crippen LogP contribution in [-0.2, 0) is 4.79 Å². The van der Waals surface area contributed by atoms with Gasteiger partial charge in [0.25, 0.3) is 0 Å². The van der Waals surface area contributed by atoms with Gasteiger partial charge in [-0.1, -0.05) is 15.9 Å². The van der Waals surface area contributed by atoms with E-state index in [2.05, 4.69) is 15.9 Å². The Kier molecular flexibility index (Phi) is 1.59. The number of carbonyl (C=O) groups excluding carboxylic acids is 1. The van der Waals surface area contributed by atoms with E-state index in [9.17, 15) is 4.79 Å². The molecule has 0 saturated heterocycles. The van der Waals surface area contributed by atoms with E-state index in [0.29, 0.717) is 0 Å². The highest BCUT2D eigenvalue weighted by molar-refractivity contribution is 9.10. The number of carbonyl (C=O) groups is 1. The SMILES string of the molecule is O=C1C=CC2Oc3ccc(Br)cc3C12. The van der Waals surface area contributed by atoms with E-state index < -0.39 is 0 Å². The van der Waals surface area contributed by atoms with Crippen LogP contribution in [0.2, 0.25) is 0 Å². The zero-order valence-electron chi connectivity index (χ0n) is 7.24. The van der Waals surface area contributed by atoms with Crippen LogP contribution in [0.15, 0.2) is 34.8 Å². The highest BCUT2D eigenvalue weighted by atomic mass is 79.9. The summed E-state index contributed by atoms with van der Waals surface area (Å²) < 4.78 is 6.61. The minimum Gasteiger partial charge on any atom is -0.485 e. The summed E-state index contributed by atoms with van der Waals surface area (Å²) in [7, 11) is 0. The van der Waals surface area contributed by atoms with Crippen molar-refractivity contribution in [1.82, 2.24) is 0 Å². The van der Waals surface area contributed by atoms with Crippen LogP contribution in [0.3, 0.4) is 0 Å². The number of hydrogen-bond donors (Lipinski definition) is 0. The second-order valence-electron chi connectivity index (χ2n) is 3.50. The highest BCUT2D eigenvalue weighted by Crippen LogP contribution is 2.43. The summed E-state index contributed by atoms with van der Waals surface area (Å²) in [5, 5.41) is 0. The Morgan fingerprint density at radius 3 is 3.07 bits per heavy atom. The van der Waals surface area contributed by atoms with E-state index in [4.69, 9.17) is 4.74 Å². The third kappa shape index (κ3) is 0.989. The minimum absolute atomic E-state index is 0.0770. The Labute approximate surface area is 89.7 Å². The van der Waals surface area contributed by atoms with Crippen molar-refractivity contribution < 1.29 is 9.53 Å². The Hall–Kier alpha value is -1.09. The molecule has 0 spiro atoms. The van der Waals surface area contributed by atoms with Gasteiger partial charge in [-0.25, -0.2) is 0 Å². The number of fused-ring (bicyclic) bond motifs is 3. The third-order valence-corrected chi connectivity index (χ3v) is 3.15. The molecule has 3 heteroatoms. The number of ketones is 1. The van der Waals surface area contributed by atoms with Crippen LogP contribution < -0.4 is 4.74 Å². The molecular formula is C11H7BrO2. The van der Waals surface area contributed by atoms with E-state index in [1.165, 1.54) is 0 Å². The van der Waals surface area contributed by atoms with Gasteiger partial charge in [0.2, 0.25) is 0 Å². The van der Waals surface area contributed by atoms with E-state index >= 15 is 0 Å². The molecule has 2 aliphatic rings. The van der Waals surface area contributed by atoms with Gasteiger partial charge in [0, 0.05) is 10.0 Å². The standard InChI is InChI=1S/C11H7BrO2/c12-6-1-3-9-7(5-6)11-8(13)2-4-10(11)14-9/h1-5,10-11H. The molecule has 1 aromatic rings. The first-order valence-electron chi connectivity index (χ1n) is 4.44. The summed E-state index contributed by atoms with van der Waals surface area (Å²) >= 11 is 3.39. The Morgan fingerprint density at radius 1 is 1.36 bits per heavy atom. The lowest BCUT2D eigenvalue weighted by molar-refractivity contribution is -0.115. The van der Waals surface area contributed by atoms with Crippen molar-refractivity contribution >= 4 is 21.7 Å². The molecule has 0 N–H and O–H groups in total. The van der Waals surface area contributed by atoms with Gasteiger partial charge in [-0.2, -0.15) is 0 Å². The highest BCUT2D eigenvalue weighted by Gasteiger charge is 2.40. The molecule has 70 valence electrons. The van der Waals surface area contributed by atoms with E-state index in [0.717, 1.165) is 15.8 Å². The second kappa shape index (κ2) is 2.70. The zero-order chi connectivity index (χ0) is 9.71. The Morgan fingerprint density at radius 2 is 2.21 bits per heavy atom. The molecule has 0 radical (unpaired) electrons. The zero-order valence-corrected chi connectivity index (χ0v) is 8.82. The first-order chi connectivity index (χ1) is 6.75. The van der Waals surface area contributed by atoms with Crippen LogP contribution in [0.25, 0.3) is 0 Å². The molecule has 14 heavy (non-hydrogen) atoms. The van der Waals surface area contributed by atoms with Crippen molar-refractivity contribution in [1.29, 1.82) is 0 Å². The number of hydrogen-bond acceptors (Lipinski definition) is 2. The molecule has 1 aliphatic carbocycles. The van der Waals surface area contributed by atoms with Gasteiger partial charge in [0.1, 0.15) is 11.9 Å². The molecule has 1 aliphatic heterocycles. The molecule has 1 aromatic carbocycles. The average Bonchev–Trinajstić information content (AvgIpc) is 2.67. The van der Waals surface area contributed by atoms with Crippen LogP contribution in [0, 0.1) is 0 Å². The van der Waals surface area contributed by atoms with Gasteiger partial charge in [0.05, 0.1) is 5.92 Å². The molecule has 0 aromatic heterocycles. The number of benzene rings is 1. The van der Waals surface area contributed by atoms with Crippen LogP contribution >= 0.6 is 15.9 Å². The van der Waals surface area contributed by atoms with Crippen molar-refractivity contribution in [3.05, 3.63) is 40.4 Å². The van der Waals surface area contributed by atoms with Gasteiger partial charge < -0.3 is 4.74 Å². The van der Waals surface area contributed by atoms with Gasteiger partial charge in [0.15, 0.2) is 5.78 Å². The van der Waals surface area contributed by atoms with Crippen LogP contribution in [-0.4, -0.2) is 11.9 Å². The number of rotatable bonds is 0. The lowest BCUT2D eigenvalue weighted by atomic mass is 9.96. The topological polar surface area (TPSA) is 26.3 Å². The van der Waals surface area contributed by atoms with E-state index in [1.807, 2.05) is 24.3 Å². The lowest BCUT2D eigenvalue weighted by Gasteiger charge is -2.05. The molecule has 2 atom stereocenters. The second-order valence-corrected chi connectivity index (χ2v) is 4.42. The molecular weight excluding hydrogens is 244 g/mol. The fourth-order valence-corrected chi connectivity index (χ4v) is 2.40. The van der Waals surface area contributed by atoms with Gasteiger partial charge in [-0.05, 0) is 30.4 Å². The predicted octanol–water partition coefficient (Wildman–Crippen LogP) is 2.43. The van der Waals surface area contributed by atoms with Gasteiger partial charge in [-0.15, -0.1) is 0 Å². The summed E-state index contributed by atoms with van der Waals surface area (Å²) in [5.41, 5.74) is 0.999. The van der Waals surface area contributed by atoms with Crippen molar-refractivity contribution in [2.45, 2.75) is 12.0 Å². The van der Waals surface area contributed by atoms with E-state index in [-0.39, 0.29) is 17.8 Å². The minimum atomic E-state index is -0.109. The predicted molar refractivity (Wildman–Crippen MR) is 55.4 cm³/mol. The van der Waals surface area contributed by atoms with Crippen molar-refractivity contribution in [2.24, 2.45) is 0 Å². The molecule has 3 rings (SSSR count). The molecule has 2 unspecified atom stereocenters. The Bertz CT molecular complexity index is 451. The summed E-state index contributed by atoms with van der Waals surface area (Å²) in [6.07, 6.45) is 3.37. The molecule has 0 fully saturated rings. The van der Waals surface area contributed by atoms with Crippen LogP contribution in [0.5, 0.6) is 5.75 Å². The molecule has 0 amide bonds. The van der Waals surface area contributed by atoms with Crippen molar-refractivity contribution in [3.8, 4) is 5.75 Å². The quantitative estimate of drug-likeness (QED) is 0.707. The molecule has 0 bridgehead atoms. The molecule has 1 heterocycles. The number of halogens is 1. The van der Waals surface area contributed by atoms with Gasteiger partial charge in [-0.3, -0.25) is 4.79 Å². The number of ether oxygens (including phenoxy) is 1. The van der Waals surface area contributed by atoms with E-state index in [1.54, 1.807) is 6.08 Å². The first-order valence-corrected chi connectivity index (χ1v) is 5.23. The maximum atomic E-state index is 11.5. The summed E-state index contributed by atoms with van der Waals surface area (Å²) in [6.45, 7) is 0. The summed E-state index contributed by atoms with van der Waals surface area (Å²) in [4.78, 5) is 11.5. The number of allylic oxidation sites excluding steroid dienone is 1. The fourth-order valence-electron chi connectivity index (χ4n) is 2.02. The fraction of sp³-hybridized carbons (Fsp3) is 0.182. The maximum absolute atomic E-state index is 11.5. The monoisotopic (exact) mass is 250 g/mol. The molecule has 2 nitrogen and oxygen atoms in total. The van der Waals surface area contributed by atoms with Crippen molar-refractivity contribution in [2.75, 3.05) is 0 Å². The summed E-state index contributed by atoms with van der Waals surface area (Å²) in [5.74, 6) is 0.871. The smallest absolute Gasteiger partial charge is 0.167 e. The van der Waals surface area contributed by atoms with Crippen LogP contribution in [0.4, 0.5) is 0 Å². The third-order valence-electron chi connectivity index (χ3n) is 2.66. The largest absolute Gasteiger partial charge is 0.485 e. The van der Waals surface area contributed by atoms with Crippen LogP contribution in [0.1, 0.15) is 11.5 Å². The summed E-state index contributed by atoms with van der Waals surface area (Å²) in [6, 6.07) is 5.79. The Balaban J connectivity index is 2.15. The normalized spacial score (nSPS) is 27.4. The van der Waals surface area contributed by atoms with Gasteiger partial charge >= 0.3 is 0 Å². The maximum Gasteiger partial charge on any atom is 0.167 e. The van der Waals surface area contributed by atoms with Crippen molar-refractivity contribution in [3.63, 3.8) is 0 Å². The molecule has 0 saturated carbocycles. The average molecular weight is 251 g/mol. The first kappa shape index (κ1) is 8.24.